The van der Waals surface area contributed by atoms with E-state index in [2.05, 4.69) is 25.3 Å². The van der Waals surface area contributed by atoms with Crippen LogP contribution >= 0.6 is 0 Å². The number of allylic oxidation sites excluding steroid dienone is 1. The summed E-state index contributed by atoms with van der Waals surface area (Å²) in [6.07, 6.45) is 6.22. The van der Waals surface area contributed by atoms with Crippen molar-refractivity contribution in [1.82, 2.24) is 20.3 Å². The number of carbonyl (C=O) groups excluding carboxylic acids is 1. The molecule has 0 aliphatic rings. The van der Waals surface area contributed by atoms with Crippen molar-refractivity contribution >= 4 is 22.9 Å². The molecule has 2 aromatic rings. The van der Waals surface area contributed by atoms with Crippen LogP contribution in [0.1, 0.15) is 31.1 Å². The SMILES string of the molecule is CN=C(/C=C(\N)C(C)(C)C)NC(=O)c1cnc2nccnc2c1. The molecule has 7 nitrogen and oxygen atoms in total. The van der Waals surface area contributed by atoms with E-state index in [1.54, 1.807) is 31.6 Å². The van der Waals surface area contributed by atoms with Gasteiger partial charge in [-0.3, -0.25) is 14.8 Å². The third-order valence-electron chi connectivity index (χ3n) is 3.23. The van der Waals surface area contributed by atoms with Gasteiger partial charge in [0.25, 0.3) is 5.91 Å². The van der Waals surface area contributed by atoms with Gasteiger partial charge in [-0.15, -0.1) is 0 Å². The Hall–Kier alpha value is -2.83. The third-order valence-corrected chi connectivity index (χ3v) is 3.23. The lowest BCUT2D eigenvalue weighted by Crippen LogP contribution is -2.31. The zero-order valence-electron chi connectivity index (χ0n) is 13.7. The number of fused-ring (bicyclic) bond motifs is 1. The molecular formula is C16H20N6O. The van der Waals surface area contributed by atoms with Gasteiger partial charge in [0.05, 0.1) is 5.56 Å². The summed E-state index contributed by atoms with van der Waals surface area (Å²) in [5, 5.41) is 2.72. The van der Waals surface area contributed by atoms with Gasteiger partial charge in [0.1, 0.15) is 11.4 Å². The molecule has 0 radical (unpaired) electrons. The maximum Gasteiger partial charge on any atom is 0.258 e. The van der Waals surface area contributed by atoms with Crippen LogP contribution < -0.4 is 11.1 Å². The minimum atomic E-state index is -0.330. The predicted octanol–water partition coefficient (Wildman–Crippen LogP) is 1.67. The summed E-state index contributed by atoms with van der Waals surface area (Å²) < 4.78 is 0. The molecule has 0 atom stereocenters. The Labute approximate surface area is 134 Å². The first kappa shape index (κ1) is 16.5. The topological polar surface area (TPSA) is 106 Å². The van der Waals surface area contributed by atoms with Crippen molar-refractivity contribution in [1.29, 1.82) is 0 Å². The molecule has 0 bridgehead atoms. The van der Waals surface area contributed by atoms with Gasteiger partial charge in [-0.25, -0.2) is 9.97 Å². The van der Waals surface area contributed by atoms with Gasteiger partial charge in [0.15, 0.2) is 5.65 Å². The van der Waals surface area contributed by atoms with Crippen LogP contribution in [0.15, 0.2) is 41.4 Å². The molecule has 0 saturated carbocycles. The standard InChI is InChI=1S/C16H20N6O/c1-16(2,3)12(17)8-13(18-4)22-15(23)10-7-11-14(21-9-10)20-6-5-19-11/h5-9H,17H2,1-4H3,(H,18,22,23)/b12-8-. The number of nitrogens with zero attached hydrogens (tertiary/aromatic N) is 4. The molecule has 0 aromatic carbocycles. The van der Waals surface area contributed by atoms with Crippen molar-refractivity contribution < 1.29 is 4.79 Å². The normalized spacial score (nSPS) is 13.2. The number of amides is 1. The Bertz CT molecular complexity index is 789. The first-order chi connectivity index (χ1) is 10.8. The largest absolute Gasteiger partial charge is 0.401 e. The number of hydrogen-bond donors (Lipinski definition) is 2. The molecule has 0 unspecified atom stereocenters. The summed E-state index contributed by atoms with van der Waals surface area (Å²) in [6.45, 7) is 5.96. The van der Waals surface area contributed by atoms with Crippen LogP contribution in [0.5, 0.6) is 0 Å². The number of pyridine rings is 1. The Kier molecular flexibility index (Phi) is 4.68. The quantitative estimate of drug-likeness (QED) is 0.648. The second-order valence-corrected chi connectivity index (χ2v) is 6.04. The van der Waals surface area contributed by atoms with E-state index in [9.17, 15) is 4.79 Å². The maximum atomic E-state index is 12.3. The molecule has 120 valence electrons. The van der Waals surface area contributed by atoms with Gasteiger partial charge in [-0.05, 0) is 12.1 Å². The van der Waals surface area contributed by atoms with Crippen molar-refractivity contribution in [3.63, 3.8) is 0 Å². The maximum absolute atomic E-state index is 12.3. The average molecular weight is 312 g/mol. The Morgan fingerprint density at radius 2 is 1.96 bits per heavy atom. The minimum Gasteiger partial charge on any atom is -0.401 e. The van der Waals surface area contributed by atoms with Gasteiger partial charge < -0.3 is 11.1 Å². The number of carbonyl (C=O) groups is 1. The summed E-state index contributed by atoms with van der Waals surface area (Å²) in [4.78, 5) is 28.7. The molecule has 1 amide bonds. The highest BCUT2D eigenvalue weighted by molar-refractivity contribution is 6.10. The second kappa shape index (κ2) is 6.51. The fraction of sp³-hybridized carbons (Fsp3) is 0.312. The van der Waals surface area contributed by atoms with Crippen molar-refractivity contribution in [3.05, 3.63) is 42.0 Å². The van der Waals surface area contributed by atoms with Crippen LogP contribution in [-0.4, -0.2) is 33.7 Å². The van der Waals surface area contributed by atoms with E-state index in [1.807, 2.05) is 20.8 Å². The van der Waals surface area contributed by atoms with Crippen LogP contribution in [0.3, 0.4) is 0 Å². The first-order valence-electron chi connectivity index (χ1n) is 7.14. The van der Waals surface area contributed by atoms with E-state index in [0.29, 0.717) is 28.3 Å². The average Bonchev–Trinajstić information content (AvgIpc) is 2.52. The van der Waals surface area contributed by atoms with Crippen LogP contribution in [0.25, 0.3) is 11.2 Å². The number of aromatic nitrogens is 3. The predicted molar refractivity (Wildman–Crippen MR) is 89.9 cm³/mol. The number of nitrogens with one attached hydrogen (secondary N) is 1. The second-order valence-electron chi connectivity index (χ2n) is 6.04. The van der Waals surface area contributed by atoms with Crippen LogP contribution in [-0.2, 0) is 0 Å². The highest BCUT2D eigenvalue weighted by Gasteiger charge is 2.15. The third kappa shape index (κ3) is 4.09. The Morgan fingerprint density at radius 1 is 1.26 bits per heavy atom. The highest BCUT2D eigenvalue weighted by atomic mass is 16.1. The summed E-state index contributed by atoms with van der Waals surface area (Å²) in [6, 6.07) is 1.63. The molecule has 3 N–H and O–H groups in total. The van der Waals surface area contributed by atoms with Gasteiger partial charge in [-0.2, -0.15) is 0 Å². The highest BCUT2D eigenvalue weighted by Crippen LogP contribution is 2.20. The zero-order valence-corrected chi connectivity index (χ0v) is 13.7. The monoisotopic (exact) mass is 312 g/mol. The van der Waals surface area contributed by atoms with Crippen molar-refractivity contribution in [2.24, 2.45) is 16.1 Å². The van der Waals surface area contributed by atoms with Gasteiger partial charge in [0, 0.05) is 36.8 Å². The lowest BCUT2D eigenvalue weighted by molar-refractivity contribution is 0.0977. The number of aliphatic imine (C=N–C) groups is 1. The molecule has 2 aromatic heterocycles. The molecular weight excluding hydrogens is 292 g/mol. The summed E-state index contributed by atoms with van der Waals surface area (Å²) in [5.74, 6) is 0.0604. The molecule has 7 heteroatoms. The molecule has 23 heavy (non-hydrogen) atoms. The first-order valence-corrected chi connectivity index (χ1v) is 7.14. The van der Waals surface area contributed by atoms with Gasteiger partial charge in [-0.1, -0.05) is 20.8 Å². The van der Waals surface area contributed by atoms with Gasteiger partial charge >= 0.3 is 0 Å². The van der Waals surface area contributed by atoms with Crippen molar-refractivity contribution in [2.45, 2.75) is 20.8 Å². The lowest BCUT2D eigenvalue weighted by Gasteiger charge is -2.19. The Balaban J connectivity index is 2.22. The van der Waals surface area contributed by atoms with Crippen LogP contribution in [0.4, 0.5) is 0 Å². The summed E-state index contributed by atoms with van der Waals surface area (Å²) in [5.41, 5.74) is 7.86. The van der Waals surface area contributed by atoms with Crippen molar-refractivity contribution in [3.8, 4) is 0 Å². The molecule has 0 aliphatic heterocycles. The molecule has 0 saturated heterocycles. The lowest BCUT2D eigenvalue weighted by atomic mass is 9.92. The van der Waals surface area contributed by atoms with Crippen LogP contribution in [0, 0.1) is 5.41 Å². The van der Waals surface area contributed by atoms with E-state index < -0.39 is 0 Å². The fourth-order valence-corrected chi connectivity index (χ4v) is 1.69. The van der Waals surface area contributed by atoms with E-state index in [4.69, 9.17) is 5.73 Å². The van der Waals surface area contributed by atoms with Crippen molar-refractivity contribution in [2.75, 3.05) is 7.05 Å². The Morgan fingerprint density at radius 3 is 2.61 bits per heavy atom. The van der Waals surface area contributed by atoms with E-state index in [1.165, 1.54) is 6.20 Å². The molecule has 0 spiro atoms. The number of rotatable bonds is 2. The minimum absolute atomic E-state index is 0.208. The van der Waals surface area contributed by atoms with E-state index in [0.717, 1.165) is 0 Å². The van der Waals surface area contributed by atoms with Crippen LogP contribution in [0.2, 0.25) is 0 Å². The van der Waals surface area contributed by atoms with E-state index in [-0.39, 0.29) is 11.3 Å². The number of amidine groups is 1. The summed E-state index contributed by atoms with van der Waals surface area (Å²) >= 11 is 0. The number of nitrogens with two attached hydrogens (primary N) is 1. The smallest absolute Gasteiger partial charge is 0.258 e. The molecule has 0 fully saturated rings. The molecule has 0 aliphatic carbocycles. The van der Waals surface area contributed by atoms with Gasteiger partial charge in [0.2, 0.25) is 0 Å². The van der Waals surface area contributed by atoms with E-state index >= 15 is 0 Å². The zero-order chi connectivity index (χ0) is 17.0. The number of hydrogen-bond acceptors (Lipinski definition) is 6. The fourth-order valence-electron chi connectivity index (χ4n) is 1.69. The molecule has 2 rings (SSSR count). The molecule has 2 heterocycles. The summed E-state index contributed by atoms with van der Waals surface area (Å²) in [7, 11) is 1.59.